The highest BCUT2D eigenvalue weighted by molar-refractivity contribution is 5.94. The number of ether oxygens (including phenoxy) is 2. The van der Waals surface area contributed by atoms with Gasteiger partial charge in [-0.3, -0.25) is 4.79 Å². The third-order valence-corrected chi connectivity index (χ3v) is 3.86. The zero-order chi connectivity index (χ0) is 18.9. The molecule has 0 aliphatic heterocycles. The van der Waals surface area contributed by atoms with Crippen LogP contribution < -0.4 is 20.1 Å². The summed E-state index contributed by atoms with van der Waals surface area (Å²) in [5.41, 5.74) is 1.66. The summed E-state index contributed by atoms with van der Waals surface area (Å²) in [5, 5.41) is 6.17. The van der Waals surface area contributed by atoms with Gasteiger partial charge in [0.05, 0.1) is 14.2 Å². The van der Waals surface area contributed by atoms with Crippen molar-refractivity contribution in [2.45, 2.75) is 20.3 Å². The summed E-state index contributed by atoms with van der Waals surface area (Å²) >= 11 is 0. The first-order valence-electron chi connectivity index (χ1n) is 8.72. The first-order chi connectivity index (χ1) is 12.5. The predicted octanol–water partition coefficient (Wildman–Crippen LogP) is 3.14. The normalized spacial score (nSPS) is 10.5. The van der Waals surface area contributed by atoms with E-state index in [1.54, 1.807) is 32.5 Å². The molecule has 0 aliphatic rings. The van der Waals surface area contributed by atoms with Gasteiger partial charge in [-0.1, -0.05) is 19.9 Å². The van der Waals surface area contributed by atoms with Crippen molar-refractivity contribution in [3.8, 4) is 11.5 Å². The van der Waals surface area contributed by atoms with Crippen molar-refractivity contribution >= 4 is 11.7 Å². The van der Waals surface area contributed by atoms with Crippen molar-refractivity contribution in [2.24, 2.45) is 5.92 Å². The highest BCUT2D eigenvalue weighted by Gasteiger charge is 2.08. The minimum atomic E-state index is -0.111. The van der Waals surface area contributed by atoms with Gasteiger partial charge in [-0.15, -0.1) is 0 Å². The first kappa shape index (κ1) is 19.6. The molecule has 0 bridgehead atoms. The van der Waals surface area contributed by atoms with Crippen molar-refractivity contribution in [1.82, 2.24) is 10.3 Å². The van der Waals surface area contributed by atoms with Gasteiger partial charge >= 0.3 is 0 Å². The molecule has 2 rings (SSSR count). The lowest BCUT2D eigenvalue weighted by atomic mass is 10.1. The summed E-state index contributed by atoms with van der Waals surface area (Å²) in [6.45, 7) is 5.60. The van der Waals surface area contributed by atoms with Gasteiger partial charge in [-0.05, 0) is 42.2 Å². The first-order valence-corrected chi connectivity index (χ1v) is 8.72. The molecular weight excluding hydrogens is 330 g/mol. The van der Waals surface area contributed by atoms with E-state index in [9.17, 15) is 4.79 Å². The summed E-state index contributed by atoms with van der Waals surface area (Å²) in [6, 6.07) is 9.24. The lowest BCUT2D eigenvalue weighted by Crippen LogP contribution is -2.26. The monoisotopic (exact) mass is 357 g/mol. The molecule has 2 N–H and O–H groups in total. The fourth-order valence-corrected chi connectivity index (χ4v) is 2.44. The maximum absolute atomic E-state index is 12.3. The molecule has 0 radical (unpaired) electrons. The number of methoxy groups -OCH3 is 2. The van der Waals surface area contributed by atoms with Crippen LogP contribution in [0.4, 0.5) is 5.82 Å². The van der Waals surface area contributed by atoms with Crippen LogP contribution in [-0.2, 0) is 6.42 Å². The van der Waals surface area contributed by atoms with Crippen LogP contribution in [0.15, 0.2) is 36.5 Å². The number of amides is 1. The van der Waals surface area contributed by atoms with Gasteiger partial charge in [0.2, 0.25) is 0 Å². The predicted molar refractivity (Wildman–Crippen MR) is 103 cm³/mol. The Hall–Kier alpha value is -2.76. The average molecular weight is 357 g/mol. The number of anilines is 1. The third-order valence-electron chi connectivity index (χ3n) is 3.86. The van der Waals surface area contributed by atoms with E-state index in [2.05, 4.69) is 29.5 Å². The van der Waals surface area contributed by atoms with Crippen LogP contribution in [0.5, 0.6) is 11.5 Å². The summed E-state index contributed by atoms with van der Waals surface area (Å²) < 4.78 is 10.5. The molecule has 0 unspecified atom stereocenters. The quantitative estimate of drug-likeness (QED) is 0.721. The fraction of sp³-hybridized carbons (Fsp3) is 0.400. The largest absolute Gasteiger partial charge is 0.493 e. The molecule has 6 nitrogen and oxygen atoms in total. The molecule has 1 aromatic carbocycles. The maximum Gasteiger partial charge on any atom is 0.251 e. The molecule has 0 fully saturated rings. The minimum Gasteiger partial charge on any atom is -0.493 e. The van der Waals surface area contributed by atoms with E-state index >= 15 is 0 Å². The zero-order valence-electron chi connectivity index (χ0n) is 15.8. The Bertz CT molecular complexity index is 732. The number of benzene rings is 1. The molecule has 0 spiro atoms. The molecule has 6 heteroatoms. The number of hydrogen-bond acceptors (Lipinski definition) is 5. The number of pyridine rings is 1. The Morgan fingerprint density at radius 3 is 2.58 bits per heavy atom. The minimum absolute atomic E-state index is 0.111. The SMILES string of the molecule is COc1ccc(CCNC(=O)c2ccnc(NCC(C)C)c2)cc1OC. The van der Waals surface area contributed by atoms with E-state index in [0.29, 0.717) is 41.8 Å². The smallest absolute Gasteiger partial charge is 0.251 e. The molecule has 1 amide bonds. The summed E-state index contributed by atoms with van der Waals surface area (Å²) in [6.07, 6.45) is 2.35. The van der Waals surface area contributed by atoms with E-state index < -0.39 is 0 Å². The highest BCUT2D eigenvalue weighted by atomic mass is 16.5. The lowest BCUT2D eigenvalue weighted by molar-refractivity contribution is 0.0954. The van der Waals surface area contributed by atoms with Gasteiger partial charge < -0.3 is 20.1 Å². The molecular formula is C20H27N3O3. The lowest BCUT2D eigenvalue weighted by Gasteiger charge is -2.11. The van der Waals surface area contributed by atoms with E-state index in [1.807, 2.05) is 18.2 Å². The Morgan fingerprint density at radius 2 is 1.88 bits per heavy atom. The van der Waals surface area contributed by atoms with Crippen molar-refractivity contribution in [3.05, 3.63) is 47.7 Å². The van der Waals surface area contributed by atoms with Gasteiger partial charge in [0.1, 0.15) is 5.82 Å². The highest BCUT2D eigenvalue weighted by Crippen LogP contribution is 2.27. The zero-order valence-corrected chi connectivity index (χ0v) is 15.8. The second-order valence-electron chi connectivity index (χ2n) is 6.40. The van der Waals surface area contributed by atoms with Crippen molar-refractivity contribution < 1.29 is 14.3 Å². The number of carbonyl (C=O) groups excluding carboxylic acids is 1. The van der Waals surface area contributed by atoms with E-state index in [1.165, 1.54) is 0 Å². The number of carbonyl (C=O) groups is 1. The molecule has 1 heterocycles. The number of aromatic nitrogens is 1. The average Bonchev–Trinajstić information content (AvgIpc) is 2.66. The van der Waals surface area contributed by atoms with Gasteiger partial charge in [-0.25, -0.2) is 4.98 Å². The molecule has 0 aliphatic carbocycles. The molecule has 140 valence electrons. The van der Waals surface area contributed by atoms with Gasteiger partial charge in [0, 0.05) is 24.8 Å². The van der Waals surface area contributed by atoms with E-state index in [-0.39, 0.29) is 5.91 Å². The van der Waals surface area contributed by atoms with Crippen molar-refractivity contribution in [1.29, 1.82) is 0 Å². The number of nitrogens with one attached hydrogen (secondary N) is 2. The van der Waals surface area contributed by atoms with Crippen molar-refractivity contribution in [2.75, 3.05) is 32.6 Å². The molecule has 26 heavy (non-hydrogen) atoms. The van der Waals surface area contributed by atoms with Gasteiger partial charge in [0.25, 0.3) is 5.91 Å². The van der Waals surface area contributed by atoms with Gasteiger partial charge in [-0.2, -0.15) is 0 Å². The molecule has 2 aromatic rings. The topological polar surface area (TPSA) is 72.5 Å². The summed E-state index contributed by atoms with van der Waals surface area (Å²) in [5.74, 6) is 2.49. The van der Waals surface area contributed by atoms with Crippen LogP contribution in [-0.4, -0.2) is 38.2 Å². The molecule has 0 saturated heterocycles. The standard InChI is InChI=1S/C20H27N3O3/c1-14(2)13-23-19-12-16(8-10-21-19)20(24)22-9-7-15-5-6-17(25-3)18(11-15)26-4/h5-6,8,10-12,14H,7,9,13H2,1-4H3,(H,21,23)(H,22,24). The third kappa shape index (κ3) is 5.65. The molecule has 0 atom stereocenters. The second-order valence-corrected chi connectivity index (χ2v) is 6.40. The second kappa shape index (κ2) is 9.65. The number of hydrogen-bond donors (Lipinski definition) is 2. The van der Waals surface area contributed by atoms with E-state index in [4.69, 9.17) is 9.47 Å². The van der Waals surface area contributed by atoms with Crippen LogP contribution in [0.3, 0.4) is 0 Å². The van der Waals surface area contributed by atoms with Gasteiger partial charge in [0.15, 0.2) is 11.5 Å². The Labute approximate surface area is 154 Å². The Morgan fingerprint density at radius 1 is 1.12 bits per heavy atom. The number of nitrogens with zero attached hydrogens (tertiary/aromatic N) is 1. The van der Waals surface area contributed by atoms with E-state index in [0.717, 1.165) is 12.1 Å². The number of rotatable bonds is 9. The molecule has 0 saturated carbocycles. The summed E-state index contributed by atoms with van der Waals surface area (Å²) in [4.78, 5) is 16.6. The Kier molecular flexibility index (Phi) is 7.26. The van der Waals surface area contributed by atoms with Crippen LogP contribution >= 0.6 is 0 Å². The fourth-order valence-electron chi connectivity index (χ4n) is 2.44. The van der Waals surface area contributed by atoms with Crippen LogP contribution in [0.25, 0.3) is 0 Å². The van der Waals surface area contributed by atoms with Crippen LogP contribution in [0, 0.1) is 5.92 Å². The summed E-state index contributed by atoms with van der Waals surface area (Å²) in [7, 11) is 3.22. The molecule has 1 aromatic heterocycles. The maximum atomic E-state index is 12.3. The van der Waals surface area contributed by atoms with Crippen LogP contribution in [0.2, 0.25) is 0 Å². The van der Waals surface area contributed by atoms with Crippen LogP contribution in [0.1, 0.15) is 29.8 Å². The van der Waals surface area contributed by atoms with Crippen molar-refractivity contribution in [3.63, 3.8) is 0 Å². The Balaban J connectivity index is 1.90.